The first-order chi connectivity index (χ1) is 9.84. The van der Waals surface area contributed by atoms with E-state index in [0.717, 1.165) is 37.0 Å². The Kier molecular flexibility index (Phi) is 4.86. The molecular formula is C15H27N5S. The molecule has 0 bridgehead atoms. The quantitative estimate of drug-likeness (QED) is 0.670. The van der Waals surface area contributed by atoms with Crippen LogP contribution in [0.15, 0.2) is 4.99 Å². The van der Waals surface area contributed by atoms with E-state index in [0.29, 0.717) is 0 Å². The van der Waals surface area contributed by atoms with Gasteiger partial charge >= 0.3 is 0 Å². The Bertz CT molecular complexity index is 532. The summed E-state index contributed by atoms with van der Waals surface area (Å²) in [6.45, 7) is 11.6. The minimum Gasteiger partial charge on any atom is -0.352 e. The Morgan fingerprint density at radius 2 is 2.14 bits per heavy atom. The third kappa shape index (κ3) is 3.73. The fourth-order valence-electron chi connectivity index (χ4n) is 2.77. The maximum absolute atomic E-state index is 4.47. The number of rotatable bonds is 2. The number of aliphatic imine (C=N–C) groups is 1. The van der Waals surface area contributed by atoms with Crippen LogP contribution in [0.5, 0.6) is 0 Å². The number of hydrogen-bond donors (Lipinski definition) is 1. The van der Waals surface area contributed by atoms with Crippen LogP contribution in [-0.4, -0.2) is 51.3 Å². The minimum atomic E-state index is 0.288. The first-order valence-corrected chi connectivity index (χ1v) is 8.41. The van der Waals surface area contributed by atoms with Crippen molar-refractivity contribution in [3.05, 3.63) is 17.0 Å². The van der Waals surface area contributed by atoms with Crippen LogP contribution in [0.25, 0.3) is 0 Å². The van der Waals surface area contributed by atoms with E-state index < -0.39 is 0 Å². The van der Waals surface area contributed by atoms with Crippen molar-refractivity contribution in [1.29, 1.82) is 0 Å². The van der Waals surface area contributed by atoms with Crippen LogP contribution >= 0.6 is 11.8 Å². The van der Waals surface area contributed by atoms with Gasteiger partial charge in [0.25, 0.3) is 0 Å². The molecule has 0 aliphatic carbocycles. The van der Waals surface area contributed by atoms with E-state index in [1.165, 1.54) is 11.3 Å². The predicted molar refractivity (Wildman–Crippen MR) is 91.0 cm³/mol. The van der Waals surface area contributed by atoms with Crippen molar-refractivity contribution in [3.8, 4) is 0 Å². The maximum Gasteiger partial charge on any atom is 0.193 e. The fourth-order valence-corrected chi connectivity index (χ4v) is 3.88. The molecule has 0 amide bonds. The van der Waals surface area contributed by atoms with Crippen molar-refractivity contribution in [2.45, 2.75) is 39.0 Å². The summed E-state index contributed by atoms with van der Waals surface area (Å²) in [7, 11) is 3.85. The van der Waals surface area contributed by atoms with Crippen molar-refractivity contribution < 1.29 is 0 Å². The van der Waals surface area contributed by atoms with Crippen LogP contribution in [0, 0.1) is 13.8 Å². The molecule has 6 heteroatoms. The molecule has 0 atom stereocenters. The van der Waals surface area contributed by atoms with Crippen LogP contribution in [0.3, 0.4) is 0 Å². The van der Waals surface area contributed by atoms with Crippen LogP contribution in [0.4, 0.5) is 0 Å². The summed E-state index contributed by atoms with van der Waals surface area (Å²) in [5.74, 6) is 2.14. The van der Waals surface area contributed by atoms with Gasteiger partial charge in [0.1, 0.15) is 0 Å². The molecule has 0 aromatic carbocycles. The summed E-state index contributed by atoms with van der Waals surface area (Å²) >= 11 is 2.04. The molecule has 1 aliphatic rings. The first kappa shape index (κ1) is 16.2. The Morgan fingerprint density at radius 1 is 1.43 bits per heavy atom. The van der Waals surface area contributed by atoms with Crippen LogP contribution in [0.2, 0.25) is 0 Å². The van der Waals surface area contributed by atoms with E-state index in [9.17, 15) is 0 Å². The zero-order chi connectivity index (χ0) is 15.6. The summed E-state index contributed by atoms with van der Waals surface area (Å²) < 4.78 is 2.23. The van der Waals surface area contributed by atoms with Crippen LogP contribution in [-0.2, 0) is 13.6 Å². The monoisotopic (exact) mass is 309 g/mol. The van der Waals surface area contributed by atoms with Gasteiger partial charge in [0.2, 0.25) is 0 Å². The summed E-state index contributed by atoms with van der Waals surface area (Å²) in [6.07, 6.45) is 0. The Hall–Kier alpha value is -1.17. The highest BCUT2D eigenvalue weighted by Crippen LogP contribution is 2.29. The van der Waals surface area contributed by atoms with Gasteiger partial charge in [-0.1, -0.05) is 0 Å². The molecule has 1 aliphatic heterocycles. The van der Waals surface area contributed by atoms with Gasteiger partial charge in [0.15, 0.2) is 5.96 Å². The highest BCUT2D eigenvalue weighted by atomic mass is 32.2. The lowest BCUT2D eigenvalue weighted by Gasteiger charge is -2.39. The van der Waals surface area contributed by atoms with Crippen molar-refractivity contribution in [1.82, 2.24) is 20.0 Å². The summed E-state index contributed by atoms with van der Waals surface area (Å²) in [4.78, 5) is 6.81. The summed E-state index contributed by atoms with van der Waals surface area (Å²) in [6, 6.07) is 0. The average molecular weight is 309 g/mol. The third-order valence-electron chi connectivity index (χ3n) is 4.02. The standard InChI is InChI=1S/C15H27N5S/c1-11-13(12(2)19(6)18-11)9-17-14(16-5)20-7-8-21-15(3,4)10-20/h7-10H2,1-6H3,(H,16,17). The molecule has 5 nitrogen and oxygen atoms in total. The number of nitrogens with one attached hydrogen (secondary N) is 1. The molecule has 0 unspecified atom stereocenters. The molecule has 2 heterocycles. The Labute approximate surface area is 132 Å². The van der Waals surface area contributed by atoms with E-state index in [4.69, 9.17) is 0 Å². The van der Waals surface area contributed by atoms with Crippen LogP contribution < -0.4 is 5.32 Å². The second-order valence-corrected chi connectivity index (χ2v) is 8.01. The number of guanidine groups is 1. The lowest BCUT2D eigenvalue weighted by molar-refractivity contribution is 0.375. The lowest BCUT2D eigenvalue weighted by atomic mass is 10.2. The molecule has 1 fully saturated rings. The molecule has 1 aromatic heterocycles. The highest BCUT2D eigenvalue weighted by molar-refractivity contribution is 8.00. The van der Waals surface area contributed by atoms with Gasteiger partial charge in [-0.15, -0.1) is 0 Å². The van der Waals surface area contributed by atoms with Crippen LogP contribution in [0.1, 0.15) is 30.8 Å². The smallest absolute Gasteiger partial charge is 0.193 e. The number of thioether (sulfide) groups is 1. The summed E-state index contributed by atoms with van der Waals surface area (Å²) in [5, 5.41) is 7.97. The van der Waals surface area contributed by atoms with Gasteiger partial charge in [-0.2, -0.15) is 16.9 Å². The van der Waals surface area contributed by atoms with Gasteiger partial charge in [0.05, 0.1) is 5.69 Å². The fraction of sp³-hybridized carbons (Fsp3) is 0.733. The molecule has 0 radical (unpaired) electrons. The second kappa shape index (κ2) is 6.30. The zero-order valence-corrected chi connectivity index (χ0v) is 14.8. The van der Waals surface area contributed by atoms with Crippen molar-refractivity contribution in [3.63, 3.8) is 0 Å². The number of hydrogen-bond acceptors (Lipinski definition) is 3. The van der Waals surface area contributed by atoms with E-state index >= 15 is 0 Å². The van der Waals surface area contributed by atoms with E-state index in [-0.39, 0.29) is 4.75 Å². The normalized spacial score (nSPS) is 19.0. The van der Waals surface area contributed by atoms with Crippen molar-refractivity contribution in [2.24, 2.45) is 12.0 Å². The van der Waals surface area contributed by atoms with Crippen molar-refractivity contribution >= 4 is 17.7 Å². The average Bonchev–Trinajstić information content (AvgIpc) is 2.64. The lowest BCUT2D eigenvalue weighted by Crippen LogP contribution is -2.50. The van der Waals surface area contributed by atoms with Gasteiger partial charge in [-0.25, -0.2) is 0 Å². The molecule has 1 saturated heterocycles. The predicted octanol–water partition coefficient (Wildman–Crippen LogP) is 1.94. The number of aryl methyl sites for hydroxylation is 2. The topological polar surface area (TPSA) is 45.5 Å². The van der Waals surface area contributed by atoms with Crippen molar-refractivity contribution in [2.75, 3.05) is 25.9 Å². The van der Waals surface area contributed by atoms with Gasteiger partial charge in [-0.05, 0) is 27.7 Å². The molecule has 1 N–H and O–H groups in total. The SMILES string of the molecule is CN=C(NCc1c(C)nn(C)c1C)N1CCSC(C)(C)C1. The zero-order valence-electron chi connectivity index (χ0n) is 14.0. The largest absolute Gasteiger partial charge is 0.352 e. The van der Waals surface area contributed by atoms with E-state index in [1.807, 2.05) is 30.5 Å². The molecule has 2 rings (SSSR count). The molecule has 0 saturated carbocycles. The first-order valence-electron chi connectivity index (χ1n) is 7.42. The molecule has 0 spiro atoms. The second-order valence-electron chi connectivity index (χ2n) is 6.20. The maximum atomic E-state index is 4.47. The van der Waals surface area contributed by atoms with E-state index in [2.05, 4.69) is 48.0 Å². The number of nitrogens with zero attached hydrogens (tertiary/aromatic N) is 4. The number of aromatic nitrogens is 2. The molecule has 1 aromatic rings. The molecule has 118 valence electrons. The molecular weight excluding hydrogens is 282 g/mol. The molecule has 21 heavy (non-hydrogen) atoms. The van der Waals surface area contributed by atoms with Gasteiger partial charge in [0, 0.05) is 55.5 Å². The third-order valence-corrected chi connectivity index (χ3v) is 5.32. The Balaban J connectivity index is 2.03. The van der Waals surface area contributed by atoms with Gasteiger partial charge in [-0.3, -0.25) is 9.67 Å². The van der Waals surface area contributed by atoms with Gasteiger partial charge < -0.3 is 10.2 Å². The Morgan fingerprint density at radius 3 is 2.67 bits per heavy atom. The summed E-state index contributed by atoms with van der Waals surface area (Å²) in [5.41, 5.74) is 3.57. The highest BCUT2D eigenvalue weighted by Gasteiger charge is 2.28. The minimum absolute atomic E-state index is 0.288. The van der Waals surface area contributed by atoms with E-state index in [1.54, 1.807) is 0 Å².